The molecule has 144 valence electrons. The highest BCUT2D eigenvalue weighted by atomic mass is 35.5. The zero-order valence-corrected chi connectivity index (χ0v) is 15.8. The van der Waals surface area contributed by atoms with Crippen molar-refractivity contribution in [3.8, 4) is 0 Å². The van der Waals surface area contributed by atoms with Gasteiger partial charge in [0.05, 0.1) is 24.2 Å². The number of carbonyl (C=O) groups is 1. The second-order valence-corrected chi connectivity index (χ2v) is 9.49. The largest absolute Gasteiger partial charge is 0.444 e. The third kappa shape index (κ3) is 4.67. The number of aromatic amines is 1. The van der Waals surface area contributed by atoms with E-state index in [9.17, 15) is 18.0 Å². The van der Waals surface area contributed by atoms with Crippen molar-refractivity contribution in [2.24, 2.45) is 5.92 Å². The molecule has 2 heterocycles. The van der Waals surface area contributed by atoms with Gasteiger partial charge in [-0.1, -0.05) is 11.6 Å². The highest BCUT2D eigenvalue weighted by Crippen LogP contribution is 2.29. The van der Waals surface area contributed by atoms with Crippen LogP contribution in [0.15, 0.2) is 11.0 Å². The van der Waals surface area contributed by atoms with E-state index in [0.717, 1.165) is 0 Å². The highest BCUT2D eigenvalue weighted by molar-refractivity contribution is 7.90. The molecule has 1 aliphatic heterocycles. The number of hydrogen-bond donors (Lipinski definition) is 2. The Bertz CT molecular complexity index is 837. The smallest absolute Gasteiger partial charge is 0.407 e. The molecule has 0 aromatic carbocycles. The molecular formula is C15H21ClN4O5S. The van der Waals surface area contributed by atoms with Crippen LogP contribution in [0.1, 0.15) is 19.3 Å². The van der Waals surface area contributed by atoms with Crippen molar-refractivity contribution in [3.63, 3.8) is 0 Å². The monoisotopic (exact) mass is 404 g/mol. The molecule has 2 N–H and O–H groups in total. The van der Waals surface area contributed by atoms with E-state index in [2.05, 4.69) is 15.5 Å². The van der Waals surface area contributed by atoms with Crippen LogP contribution in [-0.4, -0.2) is 62.0 Å². The molecule has 11 heteroatoms. The Balaban J connectivity index is 1.44. The van der Waals surface area contributed by atoms with Gasteiger partial charge in [-0.05, 0) is 18.8 Å². The standard InChI is InChI=1S/C15H21ClN4O5S/c1-26(23,24)8-9-4-10(5-9)18-15(22)25-11-2-3-20(7-11)12-6-17-19-14(21)13(12)16/h6,9-11H,2-5,7-8H2,1H3,(H,18,22)(H,19,21)/t9?,10?,11-/m1/s1. The Morgan fingerprint density at radius 2 is 2.23 bits per heavy atom. The van der Waals surface area contributed by atoms with Crippen molar-refractivity contribution in [1.82, 2.24) is 15.5 Å². The van der Waals surface area contributed by atoms with Crippen molar-refractivity contribution in [2.75, 3.05) is 30.0 Å². The summed E-state index contributed by atoms with van der Waals surface area (Å²) in [5.74, 6) is 0.256. The molecular weight excluding hydrogens is 384 g/mol. The van der Waals surface area contributed by atoms with Crippen LogP contribution in [0.3, 0.4) is 0 Å². The number of anilines is 1. The van der Waals surface area contributed by atoms with E-state index in [4.69, 9.17) is 16.3 Å². The molecule has 1 aliphatic carbocycles. The van der Waals surface area contributed by atoms with Crippen LogP contribution in [0.2, 0.25) is 5.02 Å². The molecule has 2 fully saturated rings. The number of nitrogens with one attached hydrogen (secondary N) is 2. The first-order valence-electron chi connectivity index (χ1n) is 8.34. The number of nitrogens with zero attached hydrogens (tertiary/aromatic N) is 2. The van der Waals surface area contributed by atoms with Gasteiger partial charge >= 0.3 is 6.09 Å². The summed E-state index contributed by atoms with van der Waals surface area (Å²) in [6.07, 6.45) is 3.79. The number of sulfone groups is 1. The van der Waals surface area contributed by atoms with Gasteiger partial charge in [0.1, 0.15) is 21.0 Å². The van der Waals surface area contributed by atoms with Gasteiger partial charge in [-0.3, -0.25) is 4.79 Å². The summed E-state index contributed by atoms with van der Waals surface area (Å²) in [7, 11) is -2.98. The van der Waals surface area contributed by atoms with Crippen molar-refractivity contribution in [3.05, 3.63) is 21.6 Å². The Morgan fingerprint density at radius 3 is 2.92 bits per heavy atom. The second-order valence-electron chi connectivity index (χ2n) is 6.93. The van der Waals surface area contributed by atoms with Crippen LogP contribution in [0.25, 0.3) is 0 Å². The van der Waals surface area contributed by atoms with Gasteiger partial charge in [-0.15, -0.1) is 0 Å². The lowest BCUT2D eigenvalue weighted by Gasteiger charge is -2.35. The zero-order chi connectivity index (χ0) is 18.9. The summed E-state index contributed by atoms with van der Waals surface area (Å²) in [6.45, 7) is 1.03. The molecule has 1 aromatic rings. The molecule has 26 heavy (non-hydrogen) atoms. The molecule has 1 saturated carbocycles. The average Bonchev–Trinajstić information content (AvgIpc) is 2.94. The van der Waals surface area contributed by atoms with Gasteiger partial charge < -0.3 is 15.0 Å². The first kappa shape index (κ1) is 19.0. The summed E-state index contributed by atoms with van der Waals surface area (Å²) < 4.78 is 27.9. The van der Waals surface area contributed by atoms with E-state index in [1.54, 1.807) is 0 Å². The number of alkyl carbamates (subject to hydrolysis) is 1. The predicted octanol–water partition coefficient (Wildman–Crippen LogP) is 0.551. The fraction of sp³-hybridized carbons (Fsp3) is 0.667. The lowest BCUT2D eigenvalue weighted by Crippen LogP contribution is -2.47. The molecule has 0 spiro atoms. The summed E-state index contributed by atoms with van der Waals surface area (Å²) in [4.78, 5) is 25.4. The normalized spacial score (nSPS) is 25.6. The Labute approximate surface area is 156 Å². The van der Waals surface area contributed by atoms with Crippen LogP contribution in [0.5, 0.6) is 0 Å². The van der Waals surface area contributed by atoms with E-state index in [-0.39, 0.29) is 28.8 Å². The molecule has 0 radical (unpaired) electrons. The van der Waals surface area contributed by atoms with Gasteiger partial charge in [0, 0.05) is 25.3 Å². The van der Waals surface area contributed by atoms with E-state index in [1.807, 2.05) is 4.90 Å². The summed E-state index contributed by atoms with van der Waals surface area (Å²) in [5, 5.41) is 8.83. The highest BCUT2D eigenvalue weighted by Gasteiger charge is 2.34. The molecule has 1 atom stereocenters. The summed E-state index contributed by atoms with van der Waals surface area (Å²) in [5.41, 5.74) is 0.0597. The Hall–Kier alpha value is -1.81. The topological polar surface area (TPSA) is 121 Å². The van der Waals surface area contributed by atoms with Crippen LogP contribution in [-0.2, 0) is 14.6 Å². The van der Waals surface area contributed by atoms with Crippen molar-refractivity contribution in [2.45, 2.75) is 31.4 Å². The first-order valence-corrected chi connectivity index (χ1v) is 10.8. The van der Waals surface area contributed by atoms with Gasteiger partial charge in [0.15, 0.2) is 0 Å². The summed E-state index contributed by atoms with van der Waals surface area (Å²) >= 11 is 5.99. The van der Waals surface area contributed by atoms with Crippen LogP contribution >= 0.6 is 11.6 Å². The van der Waals surface area contributed by atoms with Crippen molar-refractivity contribution < 1.29 is 17.9 Å². The number of rotatable bonds is 5. The number of halogens is 1. The predicted molar refractivity (Wildman–Crippen MR) is 96.3 cm³/mol. The Kier molecular flexibility index (Phi) is 5.42. The van der Waals surface area contributed by atoms with Gasteiger partial charge in [-0.2, -0.15) is 5.10 Å². The van der Waals surface area contributed by atoms with Crippen LogP contribution in [0, 0.1) is 5.92 Å². The Morgan fingerprint density at radius 1 is 1.50 bits per heavy atom. The molecule has 1 amide bonds. The fourth-order valence-electron chi connectivity index (χ4n) is 3.41. The third-order valence-corrected chi connectivity index (χ3v) is 6.07. The number of hydrogen-bond acceptors (Lipinski definition) is 7. The minimum atomic E-state index is -2.98. The number of aromatic nitrogens is 2. The summed E-state index contributed by atoms with van der Waals surface area (Å²) in [6, 6.07) is -0.0434. The first-order chi connectivity index (χ1) is 12.2. The van der Waals surface area contributed by atoms with E-state index >= 15 is 0 Å². The maximum atomic E-state index is 12.0. The number of amides is 1. The maximum Gasteiger partial charge on any atom is 0.407 e. The van der Waals surface area contributed by atoms with E-state index in [1.165, 1.54) is 12.5 Å². The SMILES string of the molecule is CS(=O)(=O)CC1CC(NC(=O)O[C@@H]2CCN(c3cn[nH]c(=O)c3Cl)C2)C1. The van der Waals surface area contributed by atoms with Gasteiger partial charge in [0.25, 0.3) is 5.56 Å². The minimum Gasteiger partial charge on any atom is -0.444 e. The fourth-order valence-corrected chi connectivity index (χ4v) is 4.75. The lowest BCUT2D eigenvalue weighted by molar-refractivity contribution is 0.0965. The van der Waals surface area contributed by atoms with E-state index < -0.39 is 21.5 Å². The number of H-pyrrole nitrogens is 1. The molecule has 0 unspecified atom stereocenters. The molecule has 0 bridgehead atoms. The quantitative estimate of drug-likeness (QED) is 0.734. The van der Waals surface area contributed by atoms with Gasteiger partial charge in [-0.25, -0.2) is 18.3 Å². The number of carbonyl (C=O) groups excluding carboxylic acids is 1. The lowest BCUT2D eigenvalue weighted by atomic mass is 9.82. The second kappa shape index (κ2) is 7.43. The maximum absolute atomic E-state index is 12.0. The van der Waals surface area contributed by atoms with E-state index in [0.29, 0.717) is 38.0 Å². The zero-order valence-electron chi connectivity index (χ0n) is 14.3. The molecule has 2 aliphatic rings. The molecule has 3 rings (SSSR count). The van der Waals surface area contributed by atoms with Crippen molar-refractivity contribution >= 4 is 33.2 Å². The van der Waals surface area contributed by atoms with Crippen molar-refractivity contribution in [1.29, 1.82) is 0 Å². The van der Waals surface area contributed by atoms with Crippen LogP contribution in [0.4, 0.5) is 10.5 Å². The average molecular weight is 405 g/mol. The minimum absolute atomic E-state index is 0.0434. The molecule has 1 saturated heterocycles. The molecule has 9 nitrogen and oxygen atoms in total. The van der Waals surface area contributed by atoms with Gasteiger partial charge in [0.2, 0.25) is 0 Å². The third-order valence-electron chi connectivity index (χ3n) is 4.63. The van der Waals surface area contributed by atoms with Crippen LogP contribution < -0.4 is 15.8 Å². The molecule has 1 aromatic heterocycles. The number of ether oxygens (including phenoxy) is 1.